The quantitative estimate of drug-likeness (QED) is 0.871. The molecule has 24 heavy (non-hydrogen) atoms. The van der Waals surface area contributed by atoms with Crippen molar-refractivity contribution in [2.24, 2.45) is 0 Å². The zero-order valence-corrected chi connectivity index (χ0v) is 13.6. The van der Waals surface area contributed by atoms with Gasteiger partial charge in [0, 0.05) is 20.1 Å². The molecule has 8 heteroatoms. The third-order valence-electron chi connectivity index (χ3n) is 4.01. The molecule has 126 valence electrons. The lowest BCUT2D eigenvalue weighted by Gasteiger charge is -2.34. The highest BCUT2D eigenvalue weighted by atomic mass is 16.5. The fourth-order valence-electron chi connectivity index (χ4n) is 2.76. The van der Waals surface area contributed by atoms with Crippen molar-refractivity contribution in [3.63, 3.8) is 0 Å². The lowest BCUT2D eigenvalue weighted by atomic mass is 10.1. The minimum atomic E-state index is -0.795. The molecule has 1 atom stereocenters. The summed E-state index contributed by atoms with van der Waals surface area (Å²) in [5.41, 5.74) is 0. The van der Waals surface area contributed by atoms with Crippen LogP contribution in [-0.4, -0.2) is 51.7 Å². The van der Waals surface area contributed by atoms with Crippen LogP contribution in [0.25, 0.3) is 0 Å². The number of likely N-dealkylation sites (N-methyl/N-ethyl adjacent to an activating group) is 1. The second-order valence-corrected chi connectivity index (χ2v) is 5.46. The molecule has 0 spiro atoms. The molecule has 0 saturated carbocycles. The van der Waals surface area contributed by atoms with Crippen molar-refractivity contribution in [2.45, 2.75) is 19.5 Å². The van der Waals surface area contributed by atoms with Crippen molar-refractivity contribution >= 4 is 11.8 Å². The summed E-state index contributed by atoms with van der Waals surface area (Å²) in [6.45, 7) is 2.65. The summed E-state index contributed by atoms with van der Waals surface area (Å²) in [5.74, 6) is 1.26. The highest BCUT2D eigenvalue weighted by Gasteiger charge is 2.38. The fraction of sp³-hybridized carbons (Fsp3) is 0.375. The smallest absolute Gasteiger partial charge is 0.261 e. The van der Waals surface area contributed by atoms with Gasteiger partial charge in [0.25, 0.3) is 11.8 Å². The molecule has 2 amide bonds. The van der Waals surface area contributed by atoms with Crippen LogP contribution in [0.1, 0.15) is 17.7 Å². The lowest BCUT2D eigenvalue weighted by Crippen LogP contribution is -2.49. The number of aryl methyl sites for hydroxylation is 1. The molecule has 1 aliphatic rings. The van der Waals surface area contributed by atoms with Gasteiger partial charge in [-0.1, -0.05) is 18.2 Å². The maximum atomic E-state index is 12.6. The number of nitrogens with zero attached hydrogens (tertiary/aromatic N) is 4. The molecule has 0 saturated heterocycles. The highest BCUT2D eigenvalue weighted by Crippen LogP contribution is 2.25. The Morgan fingerprint density at radius 2 is 2.00 bits per heavy atom. The Balaban J connectivity index is 1.78. The number of nitrogens with one attached hydrogen (secondary N) is 1. The van der Waals surface area contributed by atoms with Crippen molar-refractivity contribution < 1.29 is 14.3 Å². The first kappa shape index (κ1) is 16.0. The van der Waals surface area contributed by atoms with Crippen LogP contribution >= 0.6 is 0 Å². The first-order valence-corrected chi connectivity index (χ1v) is 7.70. The fourth-order valence-corrected chi connectivity index (χ4v) is 2.76. The van der Waals surface area contributed by atoms with E-state index < -0.39 is 6.04 Å². The number of benzene rings is 1. The van der Waals surface area contributed by atoms with E-state index in [9.17, 15) is 9.59 Å². The summed E-state index contributed by atoms with van der Waals surface area (Å²) in [6, 6.07) is 8.30. The van der Waals surface area contributed by atoms with Gasteiger partial charge in [-0.15, -0.1) is 10.2 Å². The number of rotatable bonds is 4. The molecular formula is C16H19N5O3. The van der Waals surface area contributed by atoms with Crippen LogP contribution in [0.5, 0.6) is 5.75 Å². The van der Waals surface area contributed by atoms with Gasteiger partial charge in [0.2, 0.25) is 0 Å². The van der Waals surface area contributed by atoms with Gasteiger partial charge in [-0.2, -0.15) is 0 Å². The molecule has 8 nitrogen and oxygen atoms in total. The van der Waals surface area contributed by atoms with E-state index >= 15 is 0 Å². The topological polar surface area (TPSA) is 89.4 Å². The number of ether oxygens (including phenoxy) is 1. The molecule has 2 heterocycles. The second kappa shape index (κ2) is 6.69. The van der Waals surface area contributed by atoms with Gasteiger partial charge in [-0.05, 0) is 19.1 Å². The molecule has 1 aromatic carbocycles. The van der Waals surface area contributed by atoms with Crippen molar-refractivity contribution in [3.05, 3.63) is 42.0 Å². The van der Waals surface area contributed by atoms with Crippen LogP contribution in [0.3, 0.4) is 0 Å². The minimum Gasteiger partial charge on any atom is -0.484 e. The largest absolute Gasteiger partial charge is 0.484 e. The van der Waals surface area contributed by atoms with Crippen molar-refractivity contribution in [2.75, 3.05) is 20.2 Å². The van der Waals surface area contributed by atoms with Gasteiger partial charge in [0.1, 0.15) is 11.6 Å². The summed E-state index contributed by atoms with van der Waals surface area (Å²) in [7, 11) is 1.54. The van der Waals surface area contributed by atoms with Crippen LogP contribution in [0.15, 0.2) is 30.3 Å². The molecule has 1 unspecified atom stereocenters. The van der Waals surface area contributed by atoms with E-state index in [1.807, 2.05) is 29.7 Å². The predicted molar refractivity (Wildman–Crippen MR) is 85.2 cm³/mol. The minimum absolute atomic E-state index is 0.134. The van der Waals surface area contributed by atoms with Gasteiger partial charge in [0.15, 0.2) is 18.5 Å². The number of para-hydroxylation sites is 1. The number of amides is 2. The van der Waals surface area contributed by atoms with E-state index in [-0.39, 0.29) is 18.4 Å². The molecule has 1 N–H and O–H groups in total. The Bertz CT molecular complexity index is 743. The maximum absolute atomic E-state index is 12.6. The summed E-state index contributed by atoms with van der Waals surface area (Å²) in [4.78, 5) is 26.4. The van der Waals surface area contributed by atoms with Crippen molar-refractivity contribution in [3.8, 4) is 5.75 Å². The Morgan fingerprint density at radius 3 is 2.71 bits per heavy atom. The Morgan fingerprint density at radius 1 is 1.25 bits per heavy atom. The number of aromatic nitrogens is 3. The third kappa shape index (κ3) is 2.94. The highest BCUT2D eigenvalue weighted by molar-refractivity contribution is 5.88. The first-order chi connectivity index (χ1) is 11.6. The van der Waals surface area contributed by atoms with E-state index in [1.54, 1.807) is 12.1 Å². The summed E-state index contributed by atoms with van der Waals surface area (Å²) in [6.07, 6.45) is 0. The molecular weight excluding hydrogens is 310 g/mol. The molecule has 0 bridgehead atoms. The zero-order valence-electron chi connectivity index (χ0n) is 13.6. The zero-order chi connectivity index (χ0) is 17.1. The lowest BCUT2D eigenvalue weighted by molar-refractivity contribution is -0.143. The summed E-state index contributed by atoms with van der Waals surface area (Å²) < 4.78 is 7.37. The van der Waals surface area contributed by atoms with E-state index in [1.165, 1.54) is 11.9 Å². The monoisotopic (exact) mass is 329 g/mol. The van der Waals surface area contributed by atoms with Crippen LogP contribution in [0, 0.1) is 6.92 Å². The van der Waals surface area contributed by atoms with E-state index in [0.717, 1.165) is 5.82 Å². The Hall–Kier alpha value is -2.90. The number of hydrogen-bond donors (Lipinski definition) is 1. The van der Waals surface area contributed by atoms with Gasteiger partial charge in [-0.25, -0.2) is 0 Å². The molecule has 0 aliphatic carbocycles. The molecule has 3 rings (SSSR count). The van der Waals surface area contributed by atoms with E-state index in [2.05, 4.69) is 15.5 Å². The maximum Gasteiger partial charge on any atom is 0.261 e. The molecule has 0 radical (unpaired) electrons. The average Bonchev–Trinajstić information content (AvgIpc) is 3.00. The average molecular weight is 329 g/mol. The molecule has 1 aromatic heterocycles. The SMILES string of the molecule is CNC(=O)C1c2nnc(C)n2CCN1C(=O)COc1ccccc1. The van der Waals surface area contributed by atoms with E-state index in [0.29, 0.717) is 24.7 Å². The van der Waals surface area contributed by atoms with Crippen molar-refractivity contribution in [1.82, 2.24) is 25.0 Å². The van der Waals surface area contributed by atoms with E-state index in [4.69, 9.17) is 4.74 Å². The Kier molecular flexibility index (Phi) is 4.45. The number of fused-ring (bicyclic) bond motifs is 1. The van der Waals surface area contributed by atoms with Crippen molar-refractivity contribution in [1.29, 1.82) is 0 Å². The number of hydrogen-bond acceptors (Lipinski definition) is 5. The summed E-state index contributed by atoms with van der Waals surface area (Å²) >= 11 is 0. The van der Waals surface area contributed by atoms with Crippen LogP contribution in [0.4, 0.5) is 0 Å². The first-order valence-electron chi connectivity index (χ1n) is 7.70. The van der Waals surface area contributed by atoms with Crippen LogP contribution in [-0.2, 0) is 16.1 Å². The number of carbonyl (C=O) groups excluding carboxylic acids is 2. The normalized spacial score (nSPS) is 16.4. The molecule has 1 aliphatic heterocycles. The second-order valence-electron chi connectivity index (χ2n) is 5.46. The summed E-state index contributed by atoms with van der Waals surface area (Å²) in [5, 5.41) is 10.7. The van der Waals surface area contributed by atoms with Gasteiger partial charge < -0.3 is 19.5 Å². The van der Waals surface area contributed by atoms with Crippen LogP contribution in [0.2, 0.25) is 0 Å². The van der Waals surface area contributed by atoms with Gasteiger partial charge in [0.05, 0.1) is 0 Å². The molecule has 0 fully saturated rings. The Labute approximate surface area is 139 Å². The van der Waals surface area contributed by atoms with Gasteiger partial charge in [-0.3, -0.25) is 9.59 Å². The number of carbonyl (C=O) groups is 2. The predicted octanol–water partition coefficient (Wildman–Crippen LogP) is 0.295. The third-order valence-corrected chi connectivity index (χ3v) is 4.01. The molecule has 2 aromatic rings. The standard InChI is InChI=1S/C16H19N5O3/c1-11-18-19-15-14(16(23)17-2)21(9-8-20(11)15)13(22)10-24-12-6-4-3-5-7-12/h3-7,14H,8-10H2,1-2H3,(H,17,23). The van der Waals surface area contributed by atoms with Gasteiger partial charge >= 0.3 is 0 Å². The van der Waals surface area contributed by atoms with Crippen LogP contribution < -0.4 is 10.1 Å².